The van der Waals surface area contributed by atoms with Crippen LogP contribution < -0.4 is 0 Å². The number of halogens is 3. The highest BCUT2D eigenvalue weighted by Gasteiger charge is 2.51. The maximum Gasteiger partial charge on any atom is 0.471 e. The van der Waals surface area contributed by atoms with Crippen LogP contribution in [0.15, 0.2) is 0 Å². The molecule has 0 aliphatic carbocycles. The molecule has 0 radical (unpaired) electrons. The smallest absolute Gasteiger partial charge is 0.471 e. The molecule has 1 saturated heterocycles. The van der Waals surface area contributed by atoms with Gasteiger partial charge in [0, 0.05) is 0 Å². The second-order valence-corrected chi connectivity index (χ2v) is 3.79. The van der Waals surface area contributed by atoms with Crippen molar-refractivity contribution in [2.45, 2.75) is 18.7 Å². The van der Waals surface area contributed by atoms with Gasteiger partial charge in [-0.1, -0.05) is 0 Å². The molecule has 0 aromatic carbocycles. The summed E-state index contributed by atoms with van der Waals surface area (Å²) in [4.78, 5) is 21.4. The molecule has 0 bridgehead atoms. The lowest BCUT2D eigenvalue weighted by Gasteiger charge is -2.47. The summed E-state index contributed by atoms with van der Waals surface area (Å²) in [6, 6.07) is 0. The summed E-state index contributed by atoms with van der Waals surface area (Å²) < 4.78 is 40.7. The fourth-order valence-corrected chi connectivity index (χ4v) is 1.41. The van der Waals surface area contributed by atoms with E-state index in [1.165, 1.54) is 6.92 Å². The number of ether oxygens (including phenoxy) is 1. The summed E-state index contributed by atoms with van der Waals surface area (Å²) in [5, 5.41) is 8.32. The van der Waals surface area contributed by atoms with E-state index in [2.05, 4.69) is 0 Å². The molecular weight excluding hydrogens is 231 g/mol. The highest BCUT2D eigenvalue weighted by atomic mass is 19.4. The van der Waals surface area contributed by atoms with Gasteiger partial charge in [0.15, 0.2) is 0 Å². The van der Waals surface area contributed by atoms with E-state index in [1.807, 2.05) is 0 Å². The highest BCUT2D eigenvalue weighted by molar-refractivity contribution is 5.82. The Kier molecular flexibility index (Phi) is 3.13. The van der Waals surface area contributed by atoms with Crippen LogP contribution in [-0.2, 0) is 14.3 Å². The zero-order valence-electron chi connectivity index (χ0n) is 8.37. The molecular formula is C8H10F3NO4. The molecule has 1 aliphatic heterocycles. The first-order chi connectivity index (χ1) is 7.14. The van der Waals surface area contributed by atoms with Gasteiger partial charge in [-0.05, 0) is 6.92 Å². The Balaban J connectivity index is 2.42. The predicted octanol–water partition coefficient (Wildman–Crippen LogP) is 0.251. The van der Waals surface area contributed by atoms with E-state index in [4.69, 9.17) is 9.84 Å². The number of carbonyl (C=O) groups excluding carboxylic acids is 1. The number of nitrogens with zero attached hydrogens (tertiary/aromatic N) is 1. The topological polar surface area (TPSA) is 66.8 Å². The minimum absolute atomic E-state index is 0.251. The minimum atomic E-state index is -4.89. The van der Waals surface area contributed by atoms with E-state index in [0.717, 1.165) is 0 Å². The number of rotatable bonds is 3. The van der Waals surface area contributed by atoms with E-state index in [9.17, 15) is 22.8 Å². The fourth-order valence-electron chi connectivity index (χ4n) is 1.41. The first-order valence-electron chi connectivity index (χ1n) is 4.36. The summed E-state index contributed by atoms with van der Waals surface area (Å²) in [6.45, 7) is 0.359. The van der Waals surface area contributed by atoms with Crippen LogP contribution in [0.1, 0.15) is 6.92 Å². The lowest BCUT2D eigenvalue weighted by molar-refractivity contribution is -0.208. The summed E-state index contributed by atoms with van der Waals surface area (Å²) >= 11 is 0. The Labute approximate surface area is 88.8 Å². The van der Waals surface area contributed by atoms with E-state index >= 15 is 0 Å². The van der Waals surface area contributed by atoms with Crippen molar-refractivity contribution in [2.75, 3.05) is 19.7 Å². The highest BCUT2D eigenvalue weighted by Crippen LogP contribution is 2.29. The molecule has 92 valence electrons. The van der Waals surface area contributed by atoms with E-state index in [1.54, 1.807) is 0 Å². The third kappa shape index (κ3) is 2.84. The van der Waals surface area contributed by atoms with Crippen LogP contribution in [0.3, 0.4) is 0 Å². The minimum Gasteiger partial charge on any atom is -0.480 e. The first-order valence-corrected chi connectivity index (χ1v) is 4.36. The number of amides is 1. The second kappa shape index (κ2) is 3.93. The molecule has 0 aromatic rings. The average Bonchev–Trinajstić information content (AvgIpc) is 2.07. The zero-order chi connectivity index (χ0) is 12.6. The van der Waals surface area contributed by atoms with Crippen LogP contribution in [0, 0.1) is 0 Å². The Morgan fingerprint density at radius 1 is 1.44 bits per heavy atom. The molecule has 0 unspecified atom stereocenters. The van der Waals surface area contributed by atoms with Crippen molar-refractivity contribution in [2.24, 2.45) is 0 Å². The Bertz CT molecular complexity index is 309. The van der Waals surface area contributed by atoms with Crippen molar-refractivity contribution in [3.05, 3.63) is 0 Å². The molecule has 0 saturated carbocycles. The first kappa shape index (κ1) is 12.8. The number of carboxylic acid groups (broad SMARTS) is 1. The number of alkyl halides is 3. The SMILES string of the molecule is CC1(OCC(=O)O)CN(C(=O)C(F)(F)F)C1. The van der Waals surface area contributed by atoms with Gasteiger partial charge in [0.25, 0.3) is 0 Å². The molecule has 1 amide bonds. The van der Waals surface area contributed by atoms with E-state index in [-0.39, 0.29) is 13.1 Å². The maximum atomic E-state index is 12.0. The number of aliphatic carboxylic acids is 1. The number of hydrogen-bond acceptors (Lipinski definition) is 3. The average molecular weight is 241 g/mol. The monoisotopic (exact) mass is 241 g/mol. The van der Waals surface area contributed by atoms with Crippen LogP contribution in [0.2, 0.25) is 0 Å². The summed E-state index contributed by atoms with van der Waals surface area (Å²) in [6.07, 6.45) is -4.89. The summed E-state index contributed by atoms with van der Waals surface area (Å²) in [5.41, 5.74) is -1.00. The molecule has 1 N–H and O–H groups in total. The zero-order valence-corrected chi connectivity index (χ0v) is 8.37. The predicted molar refractivity (Wildman–Crippen MR) is 44.6 cm³/mol. The van der Waals surface area contributed by atoms with Gasteiger partial charge in [-0.25, -0.2) is 4.79 Å². The van der Waals surface area contributed by atoms with Gasteiger partial charge in [-0.3, -0.25) is 4.79 Å². The lowest BCUT2D eigenvalue weighted by atomic mass is 9.96. The van der Waals surface area contributed by atoms with Crippen LogP contribution in [0.4, 0.5) is 13.2 Å². The van der Waals surface area contributed by atoms with Crippen molar-refractivity contribution in [1.29, 1.82) is 0 Å². The largest absolute Gasteiger partial charge is 0.480 e. The Morgan fingerprint density at radius 2 is 1.94 bits per heavy atom. The number of hydrogen-bond donors (Lipinski definition) is 1. The third-order valence-corrected chi connectivity index (χ3v) is 2.12. The number of carbonyl (C=O) groups is 2. The van der Waals surface area contributed by atoms with Crippen molar-refractivity contribution in [3.8, 4) is 0 Å². The molecule has 5 nitrogen and oxygen atoms in total. The maximum absolute atomic E-state index is 12.0. The van der Waals surface area contributed by atoms with Crippen LogP contribution in [-0.4, -0.2) is 53.4 Å². The van der Waals surface area contributed by atoms with Gasteiger partial charge in [-0.2, -0.15) is 13.2 Å². The van der Waals surface area contributed by atoms with Gasteiger partial charge in [0.1, 0.15) is 12.2 Å². The summed E-state index contributed by atoms with van der Waals surface area (Å²) in [7, 11) is 0. The fraction of sp³-hybridized carbons (Fsp3) is 0.750. The van der Waals surface area contributed by atoms with Gasteiger partial charge in [0.05, 0.1) is 13.1 Å². The third-order valence-electron chi connectivity index (χ3n) is 2.12. The quantitative estimate of drug-likeness (QED) is 0.769. The second-order valence-electron chi connectivity index (χ2n) is 3.79. The van der Waals surface area contributed by atoms with Gasteiger partial charge >= 0.3 is 18.1 Å². The van der Waals surface area contributed by atoms with E-state index < -0.39 is 30.3 Å². The van der Waals surface area contributed by atoms with Gasteiger partial charge in [0.2, 0.25) is 0 Å². The molecule has 0 aromatic heterocycles. The van der Waals surface area contributed by atoms with Gasteiger partial charge in [-0.15, -0.1) is 0 Å². The van der Waals surface area contributed by atoms with Crippen LogP contribution in [0.5, 0.6) is 0 Å². The summed E-state index contributed by atoms with van der Waals surface area (Å²) in [5.74, 6) is -3.13. The van der Waals surface area contributed by atoms with Crippen molar-refractivity contribution < 1.29 is 32.6 Å². The molecule has 1 fully saturated rings. The van der Waals surface area contributed by atoms with Crippen molar-refractivity contribution >= 4 is 11.9 Å². The number of carboxylic acids is 1. The van der Waals surface area contributed by atoms with Crippen LogP contribution in [0.25, 0.3) is 0 Å². The van der Waals surface area contributed by atoms with Gasteiger partial charge < -0.3 is 14.7 Å². The molecule has 8 heteroatoms. The normalized spacial score (nSPS) is 19.1. The molecule has 0 atom stereocenters. The molecule has 0 spiro atoms. The molecule has 16 heavy (non-hydrogen) atoms. The number of likely N-dealkylation sites (tertiary alicyclic amines) is 1. The Hall–Kier alpha value is -1.31. The molecule has 1 aliphatic rings. The Morgan fingerprint density at radius 3 is 2.31 bits per heavy atom. The van der Waals surface area contributed by atoms with E-state index in [0.29, 0.717) is 4.90 Å². The lowest BCUT2D eigenvalue weighted by Crippen LogP contribution is -2.65. The molecule has 1 heterocycles. The van der Waals surface area contributed by atoms with Crippen LogP contribution >= 0.6 is 0 Å². The molecule has 1 rings (SSSR count). The van der Waals surface area contributed by atoms with Crippen molar-refractivity contribution in [1.82, 2.24) is 4.90 Å². The van der Waals surface area contributed by atoms with Crippen molar-refractivity contribution in [3.63, 3.8) is 0 Å². The standard InChI is InChI=1S/C8H10F3NO4/c1-7(16-2-5(13)14)3-12(4-7)6(15)8(9,10)11/h2-4H2,1H3,(H,13,14).